The van der Waals surface area contributed by atoms with Crippen molar-refractivity contribution in [1.29, 1.82) is 0 Å². The summed E-state index contributed by atoms with van der Waals surface area (Å²) in [5.74, 6) is 2.49. The van der Waals surface area contributed by atoms with Crippen LogP contribution < -0.4 is 30.0 Å². The number of nitrogens with one attached hydrogen (secondary N) is 2. The molecule has 0 radical (unpaired) electrons. The van der Waals surface area contributed by atoms with Crippen LogP contribution in [0.1, 0.15) is 35.7 Å². The molecule has 0 bridgehead atoms. The number of anilines is 1. The molecular formula is C26H26FN3O3. The van der Waals surface area contributed by atoms with Gasteiger partial charge in [-0.1, -0.05) is 24.3 Å². The first-order valence-electron chi connectivity index (χ1n) is 11.4. The van der Waals surface area contributed by atoms with Gasteiger partial charge in [-0.2, -0.15) is 0 Å². The molecule has 3 aromatic rings. The number of hydrogen-bond acceptors (Lipinski definition) is 6. The average molecular weight is 448 g/mol. The molecule has 1 fully saturated rings. The molecule has 3 aliphatic heterocycles. The number of nitrogens with zero attached hydrogens (tertiary/aromatic N) is 1. The van der Waals surface area contributed by atoms with Crippen molar-refractivity contribution >= 4 is 5.69 Å². The lowest BCUT2D eigenvalue weighted by Crippen LogP contribution is -2.39. The van der Waals surface area contributed by atoms with Crippen molar-refractivity contribution in [2.24, 2.45) is 5.92 Å². The highest BCUT2D eigenvalue weighted by atomic mass is 19.1. The van der Waals surface area contributed by atoms with Crippen LogP contribution in [-0.4, -0.2) is 19.9 Å². The summed E-state index contributed by atoms with van der Waals surface area (Å²) in [7, 11) is 0. The number of benzene rings is 3. The largest absolute Gasteiger partial charge is 0.494 e. The summed E-state index contributed by atoms with van der Waals surface area (Å²) in [4.78, 5) is 2.36. The number of halogens is 1. The fourth-order valence-corrected chi connectivity index (χ4v) is 5.16. The first kappa shape index (κ1) is 20.3. The van der Waals surface area contributed by atoms with Gasteiger partial charge in [0.15, 0.2) is 11.5 Å². The summed E-state index contributed by atoms with van der Waals surface area (Å²) in [5.41, 5.74) is 11.6. The molecule has 0 aromatic heterocycles. The van der Waals surface area contributed by atoms with Gasteiger partial charge in [-0.15, -0.1) is 0 Å². The second kappa shape index (κ2) is 8.24. The number of hydrogen-bond donors (Lipinski definition) is 2. The second-order valence-electron chi connectivity index (χ2n) is 8.68. The van der Waals surface area contributed by atoms with Gasteiger partial charge in [-0.25, -0.2) is 15.2 Å². The van der Waals surface area contributed by atoms with Crippen LogP contribution in [0.15, 0.2) is 60.7 Å². The lowest BCUT2D eigenvalue weighted by atomic mass is 9.81. The first-order valence-corrected chi connectivity index (χ1v) is 11.4. The molecule has 2 N–H and O–H groups in total. The van der Waals surface area contributed by atoms with E-state index in [-0.39, 0.29) is 30.6 Å². The highest BCUT2D eigenvalue weighted by molar-refractivity contribution is 5.66. The maximum atomic E-state index is 13.5. The van der Waals surface area contributed by atoms with E-state index < -0.39 is 0 Å². The smallest absolute Gasteiger partial charge is 0.231 e. The zero-order chi connectivity index (χ0) is 22.4. The van der Waals surface area contributed by atoms with E-state index in [1.165, 1.54) is 23.3 Å². The number of ether oxygens (including phenoxy) is 3. The minimum absolute atomic E-state index is 0.135. The predicted octanol–water partition coefficient (Wildman–Crippen LogP) is 4.48. The van der Waals surface area contributed by atoms with Crippen LogP contribution in [0, 0.1) is 11.7 Å². The quantitative estimate of drug-likeness (QED) is 0.602. The molecule has 33 heavy (non-hydrogen) atoms. The molecule has 3 atom stereocenters. The van der Waals surface area contributed by atoms with E-state index in [9.17, 15) is 4.39 Å². The molecule has 6 nitrogen and oxygen atoms in total. The molecule has 0 aliphatic carbocycles. The fraction of sp³-hybridized carbons (Fsp3) is 0.308. The summed E-state index contributed by atoms with van der Waals surface area (Å²) in [6, 6.07) is 19.5. The first-order chi connectivity index (χ1) is 16.2. The van der Waals surface area contributed by atoms with E-state index in [4.69, 9.17) is 14.2 Å². The van der Waals surface area contributed by atoms with Crippen molar-refractivity contribution in [1.82, 2.24) is 10.9 Å². The van der Waals surface area contributed by atoms with Crippen LogP contribution in [0.3, 0.4) is 0 Å². The SMILES string of the molecule is CCOc1ccc(C2NNC3c4cc5c(cc4N(Cc4ccc(F)cc4)CC23)OCO5)cc1. The lowest BCUT2D eigenvalue weighted by Gasteiger charge is -2.39. The molecule has 1 saturated heterocycles. The summed E-state index contributed by atoms with van der Waals surface area (Å²) in [6.07, 6.45) is 0. The Morgan fingerprint density at radius 3 is 2.45 bits per heavy atom. The molecule has 3 aromatic carbocycles. The summed E-state index contributed by atoms with van der Waals surface area (Å²) in [5, 5.41) is 0. The molecule has 0 amide bonds. The molecule has 0 spiro atoms. The van der Waals surface area contributed by atoms with Gasteiger partial charge in [0, 0.05) is 30.8 Å². The summed E-state index contributed by atoms with van der Waals surface area (Å²) < 4.78 is 30.4. The van der Waals surface area contributed by atoms with Crippen LogP contribution in [-0.2, 0) is 6.54 Å². The van der Waals surface area contributed by atoms with Gasteiger partial charge in [-0.05, 0) is 53.9 Å². The molecule has 7 heteroatoms. The highest BCUT2D eigenvalue weighted by Crippen LogP contribution is 2.49. The van der Waals surface area contributed by atoms with Gasteiger partial charge in [0.05, 0.1) is 18.7 Å². The third-order valence-corrected chi connectivity index (χ3v) is 6.72. The van der Waals surface area contributed by atoms with Crippen molar-refractivity contribution in [2.75, 3.05) is 24.8 Å². The minimum atomic E-state index is -0.221. The van der Waals surface area contributed by atoms with E-state index in [2.05, 4.69) is 40.0 Å². The van der Waals surface area contributed by atoms with Crippen molar-refractivity contribution in [3.63, 3.8) is 0 Å². The van der Waals surface area contributed by atoms with Crippen molar-refractivity contribution in [3.05, 3.63) is 83.2 Å². The maximum Gasteiger partial charge on any atom is 0.231 e. The molecule has 6 rings (SSSR count). The van der Waals surface area contributed by atoms with Gasteiger partial charge in [0.25, 0.3) is 0 Å². The molecule has 3 heterocycles. The van der Waals surface area contributed by atoms with Gasteiger partial charge < -0.3 is 19.1 Å². The van der Waals surface area contributed by atoms with Gasteiger partial charge in [-0.3, -0.25) is 0 Å². The van der Waals surface area contributed by atoms with E-state index in [0.29, 0.717) is 13.2 Å². The third kappa shape index (κ3) is 3.67. The Kier molecular flexibility index (Phi) is 5.08. The zero-order valence-electron chi connectivity index (χ0n) is 18.4. The molecule has 3 aliphatic rings. The van der Waals surface area contributed by atoms with Crippen LogP contribution in [0.5, 0.6) is 17.2 Å². The van der Waals surface area contributed by atoms with Gasteiger partial charge >= 0.3 is 0 Å². The van der Waals surface area contributed by atoms with Crippen molar-refractivity contribution in [2.45, 2.75) is 25.6 Å². The van der Waals surface area contributed by atoms with Crippen LogP contribution in [0.2, 0.25) is 0 Å². The molecule has 170 valence electrons. The van der Waals surface area contributed by atoms with Crippen molar-refractivity contribution < 1.29 is 18.6 Å². The maximum absolute atomic E-state index is 13.5. The van der Waals surface area contributed by atoms with E-state index in [1.54, 1.807) is 0 Å². The highest BCUT2D eigenvalue weighted by Gasteiger charge is 2.44. The standard InChI is InChI=1S/C26H26FN3O3/c1-2-31-19-9-5-17(6-10-19)25-21-14-30(13-16-3-7-18(27)8-4-16)22-12-24-23(32-15-33-24)11-20(22)26(21)29-28-25/h3-12,21,25-26,28-29H,2,13-15H2,1H3. The third-order valence-electron chi connectivity index (χ3n) is 6.72. The van der Waals surface area contributed by atoms with Crippen molar-refractivity contribution in [3.8, 4) is 17.2 Å². The Hall–Kier alpha value is -3.29. The molecule has 3 unspecified atom stereocenters. The van der Waals surface area contributed by atoms with Crippen LogP contribution in [0.4, 0.5) is 10.1 Å². The van der Waals surface area contributed by atoms with Gasteiger partial charge in [0.2, 0.25) is 6.79 Å². The average Bonchev–Trinajstić information content (AvgIpc) is 3.47. The Bertz CT molecular complexity index is 1150. The minimum Gasteiger partial charge on any atom is -0.494 e. The monoisotopic (exact) mass is 447 g/mol. The normalized spacial score (nSPS) is 22.7. The lowest BCUT2D eigenvalue weighted by molar-refractivity contribution is 0.174. The van der Waals surface area contributed by atoms with Crippen LogP contribution in [0.25, 0.3) is 0 Å². The fourth-order valence-electron chi connectivity index (χ4n) is 5.16. The topological polar surface area (TPSA) is 55.0 Å². The van der Waals surface area contributed by atoms with E-state index in [0.717, 1.165) is 35.0 Å². The van der Waals surface area contributed by atoms with E-state index in [1.807, 2.05) is 31.2 Å². The summed E-state index contributed by atoms with van der Waals surface area (Å²) >= 11 is 0. The summed E-state index contributed by atoms with van der Waals surface area (Å²) in [6.45, 7) is 4.41. The molecular weight excluding hydrogens is 421 g/mol. The van der Waals surface area contributed by atoms with E-state index >= 15 is 0 Å². The zero-order valence-corrected chi connectivity index (χ0v) is 18.4. The number of hydrazine groups is 1. The Morgan fingerprint density at radius 2 is 1.70 bits per heavy atom. The van der Waals surface area contributed by atoms with Crippen LogP contribution >= 0.6 is 0 Å². The Balaban J connectivity index is 1.35. The predicted molar refractivity (Wildman–Crippen MR) is 123 cm³/mol. The Morgan fingerprint density at radius 1 is 0.970 bits per heavy atom. The van der Waals surface area contributed by atoms with Gasteiger partial charge in [0.1, 0.15) is 11.6 Å². The molecule has 0 saturated carbocycles. The second-order valence-corrected chi connectivity index (χ2v) is 8.68. The number of rotatable bonds is 5. The Labute approximate surface area is 192 Å². The number of fused-ring (bicyclic) bond motifs is 4.